The van der Waals surface area contributed by atoms with E-state index in [1.807, 2.05) is 0 Å². The van der Waals surface area contributed by atoms with Gasteiger partial charge in [-0.2, -0.15) is 0 Å². The summed E-state index contributed by atoms with van der Waals surface area (Å²) in [6, 6.07) is 8.52. The first-order valence-corrected chi connectivity index (χ1v) is 9.96. The summed E-state index contributed by atoms with van der Waals surface area (Å²) in [5.41, 5.74) is 2.99. The highest BCUT2D eigenvalue weighted by atomic mass is 16.5. The number of guanidine groups is 1. The van der Waals surface area contributed by atoms with Crippen molar-refractivity contribution in [2.24, 2.45) is 10.4 Å². The third kappa shape index (κ3) is 3.58. The fourth-order valence-corrected chi connectivity index (χ4v) is 4.31. The number of likely N-dealkylation sites (tertiary alicyclic amines) is 1. The van der Waals surface area contributed by atoms with Crippen molar-refractivity contribution in [1.29, 1.82) is 0 Å². The van der Waals surface area contributed by atoms with Crippen LogP contribution in [0.1, 0.15) is 31.7 Å². The van der Waals surface area contributed by atoms with Gasteiger partial charge in [-0.25, -0.2) is 0 Å². The monoisotopic (exact) mass is 354 g/mol. The fraction of sp³-hybridized carbons (Fsp3) is 0.571. The highest BCUT2D eigenvalue weighted by molar-refractivity contribution is 5.83. The number of para-hydroxylation sites is 1. The Bertz CT molecular complexity index is 760. The molecule has 2 aromatic rings. The van der Waals surface area contributed by atoms with Crippen molar-refractivity contribution in [3.63, 3.8) is 0 Å². The molecule has 2 aliphatic rings. The first-order chi connectivity index (χ1) is 12.8. The molecule has 2 saturated heterocycles. The molecule has 4 rings (SSSR count). The second kappa shape index (κ2) is 7.70. The first-order valence-electron chi connectivity index (χ1n) is 9.96. The van der Waals surface area contributed by atoms with Crippen molar-refractivity contribution in [2.45, 2.75) is 32.6 Å². The second-order valence-electron chi connectivity index (χ2n) is 7.67. The molecule has 2 aliphatic heterocycles. The molecular formula is C21H30N4O. The minimum absolute atomic E-state index is 0.375. The van der Waals surface area contributed by atoms with Crippen LogP contribution >= 0.6 is 0 Å². The van der Waals surface area contributed by atoms with E-state index >= 15 is 0 Å². The van der Waals surface area contributed by atoms with Crippen LogP contribution in [-0.4, -0.2) is 55.2 Å². The predicted octanol–water partition coefficient (Wildman–Crippen LogP) is 3.18. The van der Waals surface area contributed by atoms with E-state index in [0.717, 1.165) is 58.2 Å². The van der Waals surface area contributed by atoms with Crippen molar-refractivity contribution < 1.29 is 4.74 Å². The third-order valence-corrected chi connectivity index (χ3v) is 5.80. The van der Waals surface area contributed by atoms with E-state index in [9.17, 15) is 0 Å². The van der Waals surface area contributed by atoms with Gasteiger partial charge < -0.3 is 19.9 Å². The minimum atomic E-state index is 0.375. The Morgan fingerprint density at radius 1 is 1.35 bits per heavy atom. The topological polar surface area (TPSA) is 52.7 Å². The number of aliphatic imine (C=N–C) groups is 1. The maximum Gasteiger partial charge on any atom is 0.193 e. The molecule has 1 spiro atoms. The van der Waals surface area contributed by atoms with Gasteiger partial charge in [-0.05, 0) is 44.2 Å². The van der Waals surface area contributed by atoms with Crippen LogP contribution in [0.25, 0.3) is 10.9 Å². The fourth-order valence-electron chi connectivity index (χ4n) is 4.31. The van der Waals surface area contributed by atoms with Gasteiger partial charge in [0.1, 0.15) is 0 Å². The van der Waals surface area contributed by atoms with Crippen molar-refractivity contribution in [3.05, 3.63) is 36.0 Å². The Morgan fingerprint density at radius 3 is 3.12 bits per heavy atom. The van der Waals surface area contributed by atoms with E-state index in [4.69, 9.17) is 9.73 Å². The standard InChI is InChI=1S/C21H30N4O/c1-2-22-20(25-12-9-21(15-25)10-13-26-16-21)23-11-5-6-17-14-24-19-8-4-3-7-18(17)19/h3-4,7-8,14,24H,2,5-6,9-13,15-16H2,1H3,(H,22,23). The van der Waals surface area contributed by atoms with Gasteiger partial charge in [-0.15, -0.1) is 0 Å². The van der Waals surface area contributed by atoms with Crippen LogP contribution in [-0.2, 0) is 11.2 Å². The molecule has 140 valence electrons. The zero-order chi connectivity index (χ0) is 17.8. The van der Waals surface area contributed by atoms with Crippen LogP contribution in [0.5, 0.6) is 0 Å². The molecule has 1 unspecified atom stereocenters. The number of aryl methyl sites for hydroxylation is 1. The summed E-state index contributed by atoms with van der Waals surface area (Å²) in [6.45, 7) is 7.95. The lowest BCUT2D eigenvalue weighted by atomic mass is 9.87. The number of hydrogen-bond donors (Lipinski definition) is 2. The number of rotatable bonds is 5. The Labute approximate surface area is 155 Å². The number of nitrogens with one attached hydrogen (secondary N) is 2. The first kappa shape index (κ1) is 17.4. The van der Waals surface area contributed by atoms with Gasteiger partial charge in [0.25, 0.3) is 0 Å². The summed E-state index contributed by atoms with van der Waals surface area (Å²) in [5, 5.41) is 4.82. The number of hydrogen-bond acceptors (Lipinski definition) is 2. The molecule has 0 bridgehead atoms. The van der Waals surface area contributed by atoms with Crippen LogP contribution in [0.15, 0.2) is 35.5 Å². The Hall–Kier alpha value is -2.01. The SMILES string of the molecule is CCNC(=NCCCc1c[nH]c2ccccc12)N1CCC2(CCOC2)C1. The van der Waals surface area contributed by atoms with E-state index in [0.29, 0.717) is 5.41 Å². The number of H-pyrrole nitrogens is 1. The average molecular weight is 354 g/mol. The number of fused-ring (bicyclic) bond motifs is 1. The van der Waals surface area contributed by atoms with Crippen LogP contribution in [0, 0.1) is 5.41 Å². The average Bonchev–Trinajstić information content (AvgIpc) is 3.39. The molecule has 3 heterocycles. The zero-order valence-electron chi connectivity index (χ0n) is 15.8. The lowest BCUT2D eigenvalue weighted by Crippen LogP contribution is -2.41. The summed E-state index contributed by atoms with van der Waals surface area (Å²) in [7, 11) is 0. The van der Waals surface area contributed by atoms with Crippen LogP contribution in [0.4, 0.5) is 0 Å². The molecule has 26 heavy (non-hydrogen) atoms. The Morgan fingerprint density at radius 2 is 2.27 bits per heavy atom. The lowest BCUT2D eigenvalue weighted by Gasteiger charge is -2.25. The van der Waals surface area contributed by atoms with Crippen LogP contribution in [0.3, 0.4) is 0 Å². The molecule has 0 saturated carbocycles. The number of benzene rings is 1. The molecule has 0 amide bonds. The molecule has 5 nitrogen and oxygen atoms in total. The molecule has 5 heteroatoms. The lowest BCUT2D eigenvalue weighted by molar-refractivity contribution is 0.156. The Balaban J connectivity index is 1.34. The molecule has 0 aliphatic carbocycles. The van der Waals surface area contributed by atoms with E-state index in [1.54, 1.807) is 0 Å². The van der Waals surface area contributed by atoms with Crippen molar-refractivity contribution in [1.82, 2.24) is 15.2 Å². The maximum atomic E-state index is 5.66. The summed E-state index contributed by atoms with van der Waals surface area (Å²) in [6.07, 6.45) is 6.70. The summed E-state index contributed by atoms with van der Waals surface area (Å²) in [4.78, 5) is 10.7. The van der Waals surface area contributed by atoms with Crippen molar-refractivity contribution in [2.75, 3.05) is 39.4 Å². The van der Waals surface area contributed by atoms with Crippen molar-refractivity contribution >= 4 is 16.9 Å². The van der Waals surface area contributed by atoms with E-state index in [1.165, 1.54) is 29.3 Å². The van der Waals surface area contributed by atoms with Gasteiger partial charge >= 0.3 is 0 Å². The van der Waals surface area contributed by atoms with Gasteiger partial charge in [0, 0.05) is 55.3 Å². The number of aromatic nitrogens is 1. The molecule has 2 N–H and O–H groups in total. The van der Waals surface area contributed by atoms with E-state index in [-0.39, 0.29) is 0 Å². The highest BCUT2D eigenvalue weighted by Crippen LogP contribution is 2.38. The van der Waals surface area contributed by atoms with E-state index < -0.39 is 0 Å². The smallest absolute Gasteiger partial charge is 0.193 e. The summed E-state index contributed by atoms with van der Waals surface area (Å²) < 4.78 is 5.66. The molecular weight excluding hydrogens is 324 g/mol. The van der Waals surface area contributed by atoms with Gasteiger partial charge in [0.15, 0.2) is 5.96 Å². The predicted molar refractivity (Wildman–Crippen MR) is 107 cm³/mol. The molecule has 1 aromatic carbocycles. The molecule has 1 aromatic heterocycles. The number of aromatic amines is 1. The van der Waals surface area contributed by atoms with Crippen LogP contribution in [0.2, 0.25) is 0 Å². The van der Waals surface area contributed by atoms with E-state index in [2.05, 4.69) is 52.6 Å². The number of ether oxygens (including phenoxy) is 1. The van der Waals surface area contributed by atoms with Gasteiger partial charge in [-0.3, -0.25) is 4.99 Å². The molecule has 0 radical (unpaired) electrons. The quantitative estimate of drug-likeness (QED) is 0.493. The third-order valence-electron chi connectivity index (χ3n) is 5.80. The highest BCUT2D eigenvalue weighted by Gasteiger charge is 2.42. The molecule has 1 atom stereocenters. The normalized spacial score (nSPS) is 23.4. The second-order valence-corrected chi connectivity index (χ2v) is 7.67. The van der Waals surface area contributed by atoms with Crippen molar-refractivity contribution in [3.8, 4) is 0 Å². The van der Waals surface area contributed by atoms with Crippen LogP contribution < -0.4 is 5.32 Å². The zero-order valence-corrected chi connectivity index (χ0v) is 15.8. The van der Waals surface area contributed by atoms with Gasteiger partial charge in [0.2, 0.25) is 0 Å². The Kier molecular flexibility index (Phi) is 5.16. The number of nitrogens with zero attached hydrogens (tertiary/aromatic N) is 2. The minimum Gasteiger partial charge on any atom is -0.381 e. The summed E-state index contributed by atoms with van der Waals surface area (Å²) >= 11 is 0. The summed E-state index contributed by atoms with van der Waals surface area (Å²) in [5.74, 6) is 1.08. The van der Waals surface area contributed by atoms with Gasteiger partial charge in [-0.1, -0.05) is 18.2 Å². The maximum absolute atomic E-state index is 5.66. The van der Waals surface area contributed by atoms with Gasteiger partial charge in [0.05, 0.1) is 6.61 Å². The largest absolute Gasteiger partial charge is 0.381 e. The molecule has 2 fully saturated rings.